The van der Waals surface area contributed by atoms with Crippen LogP contribution in [-0.2, 0) is 9.84 Å². The Labute approximate surface area is 86.4 Å². The quantitative estimate of drug-likeness (QED) is 0.652. The van der Waals surface area contributed by atoms with Gasteiger partial charge in [-0.25, -0.2) is 8.42 Å². The van der Waals surface area contributed by atoms with Crippen LogP contribution in [0.2, 0.25) is 0 Å². The molecule has 0 aliphatic carbocycles. The molecule has 0 N–H and O–H groups in total. The standard InChI is InChI=1S/C9H18N2O2S/c1-4-11(8-9(2)7-10)5-6-14(3,12)13/h9H,4-6,8H2,1-3H3. The van der Waals surface area contributed by atoms with E-state index in [0.29, 0.717) is 13.1 Å². The topological polar surface area (TPSA) is 61.2 Å². The van der Waals surface area contributed by atoms with Crippen LogP contribution < -0.4 is 0 Å². The van der Waals surface area contributed by atoms with Gasteiger partial charge in [0.1, 0.15) is 9.84 Å². The highest BCUT2D eigenvalue weighted by molar-refractivity contribution is 7.90. The molecule has 0 fully saturated rings. The second-order valence-corrected chi connectivity index (χ2v) is 5.81. The van der Waals surface area contributed by atoms with Crippen LogP contribution in [-0.4, -0.2) is 45.0 Å². The van der Waals surface area contributed by atoms with Crippen LogP contribution in [0.15, 0.2) is 0 Å². The van der Waals surface area contributed by atoms with Gasteiger partial charge in [-0.1, -0.05) is 6.92 Å². The minimum atomic E-state index is -2.90. The maximum absolute atomic E-state index is 10.9. The average Bonchev–Trinajstić information content (AvgIpc) is 2.10. The summed E-state index contributed by atoms with van der Waals surface area (Å²) in [5, 5.41) is 8.61. The van der Waals surface area contributed by atoms with Crippen LogP contribution in [0.1, 0.15) is 13.8 Å². The van der Waals surface area contributed by atoms with Gasteiger partial charge in [-0.15, -0.1) is 0 Å². The Morgan fingerprint density at radius 2 is 2.07 bits per heavy atom. The minimum Gasteiger partial charge on any atom is -0.301 e. The Hall–Kier alpha value is -0.600. The van der Waals surface area contributed by atoms with Crippen LogP contribution in [0.3, 0.4) is 0 Å². The van der Waals surface area contributed by atoms with Gasteiger partial charge in [-0.05, 0) is 13.5 Å². The van der Waals surface area contributed by atoms with Gasteiger partial charge in [0.2, 0.25) is 0 Å². The second kappa shape index (κ2) is 5.99. The highest BCUT2D eigenvalue weighted by Crippen LogP contribution is 1.98. The predicted molar refractivity (Wildman–Crippen MR) is 56.6 cm³/mol. The molecular weight excluding hydrogens is 200 g/mol. The highest BCUT2D eigenvalue weighted by Gasteiger charge is 2.10. The van der Waals surface area contributed by atoms with Crippen molar-refractivity contribution in [1.29, 1.82) is 5.26 Å². The first-order valence-electron chi connectivity index (χ1n) is 4.68. The Morgan fingerprint density at radius 1 is 1.50 bits per heavy atom. The van der Waals surface area contributed by atoms with Gasteiger partial charge in [0.05, 0.1) is 17.7 Å². The second-order valence-electron chi connectivity index (χ2n) is 3.55. The molecule has 0 spiro atoms. The molecule has 0 amide bonds. The molecule has 1 atom stereocenters. The maximum Gasteiger partial charge on any atom is 0.148 e. The molecule has 0 saturated heterocycles. The van der Waals surface area contributed by atoms with Gasteiger partial charge in [-0.3, -0.25) is 0 Å². The SMILES string of the molecule is CCN(CCS(C)(=O)=O)CC(C)C#N. The Morgan fingerprint density at radius 3 is 2.43 bits per heavy atom. The minimum absolute atomic E-state index is 0.0467. The van der Waals surface area contributed by atoms with Crippen LogP contribution >= 0.6 is 0 Å². The summed E-state index contributed by atoms with van der Waals surface area (Å²) >= 11 is 0. The molecular formula is C9H18N2O2S. The molecule has 0 rings (SSSR count). The molecule has 5 heteroatoms. The third-order valence-corrected chi connectivity index (χ3v) is 2.90. The van der Waals surface area contributed by atoms with Gasteiger partial charge < -0.3 is 4.90 Å². The molecule has 1 unspecified atom stereocenters. The molecule has 82 valence electrons. The lowest BCUT2D eigenvalue weighted by molar-refractivity contribution is 0.283. The zero-order valence-corrected chi connectivity index (χ0v) is 9.84. The van der Waals surface area contributed by atoms with Gasteiger partial charge in [0, 0.05) is 19.3 Å². The zero-order chi connectivity index (χ0) is 11.2. The predicted octanol–water partition coefficient (Wildman–Crippen LogP) is 0.513. The summed E-state index contributed by atoms with van der Waals surface area (Å²) in [6, 6.07) is 2.14. The Bertz CT molecular complexity index is 292. The van der Waals surface area contributed by atoms with Gasteiger partial charge in [-0.2, -0.15) is 5.26 Å². The molecule has 4 nitrogen and oxygen atoms in total. The number of hydrogen-bond acceptors (Lipinski definition) is 4. The number of sulfone groups is 1. The van der Waals surface area contributed by atoms with Crippen molar-refractivity contribution in [2.24, 2.45) is 5.92 Å². The lowest BCUT2D eigenvalue weighted by Gasteiger charge is -2.20. The van der Waals surface area contributed by atoms with Crippen molar-refractivity contribution < 1.29 is 8.42 Å². The van der Waals surface area contributed by atoms with E-state index in [1.807, 2.05) is 18.7 Å². The summed E-state index contributed by atoms with van der Waals surface area (Å²) < 4.78 is 21.8. The van der Waals surface area contributed by atoms with E-state index in [1.54, 1.807) is 0 Å². The van der Waals surface area contributed by atoms with E-state index in [1.165, 1.54) is 6.26 Å². The molecule has 0 aliphatic heterocycles. The van der Waals surface area contributed by atoms with Gasteiger partial charge in [0.25, 0.3) is 0 Å². The van der Waals surface area contributed by atoms with Gasteiger partial charge >= 0.3 is 0 Å². The van der Waals surface area contributed by atoms with Crippen LogP contribution in [0.4, 0.5) is 0 Å². The lowest BCUT2D eigenvalue weighted by Crippen LogP contribution is -2.32. The van der Waals surface area contributed by atoms with Crippen molar-refractivity contribution in [2.45, 2.75) is 13.8 Å². The van der Waals surface area contributed by atoms with Crippen molar-refractivity contribution in [3.8, 4) is 6.07 Å². The molecule has 0 aromatic rings. The van der Waals surface area contributed by atoms with E-state index >= 15 is 0 Å². The maximum atomic E-state index is 10.9. The number of nitriles is 1. The lowest BCUT2D eigenvalue weighted by atomic mass is 10.2. The average molecular weight is 218 g/mol. The third-order valence-electron chi connectivity index (χ3n) is 1.98. The Kier molecular flexibility index (Phi) is 5.73. The number of hydrogen-bond donors (Lipinski definition) is 0. The molecule has 14 heavy (non-hydrogen) atoms. The van der Waals surface area contributed by atoms with Gasteiger partial charge in [0.15, 0.2) is 0 Å². The van der Waals surface area contributed by atoms with Crippen molar-refractivity contribution in [3.05, 3.63) is 0 Å². The van der Waals surface area contributed by atoms with E-state index in [4.69, 9.17) is 5.26 Å². The smallest absolute Gasteiger partial charge is 0.148 e. The molecule has 0 bridgehead atoms. The monoisotopic (exact) mass is 218 g/mol. The fourth-order valence-electron chi connectivity index (χ4n) is 1.10. The molecule has 0 saturated carbocycles. The van der Waals surface area contributed by atoms with Crippen molar-refractivity contribution in [2.75, 3.05) is 31.6 Å². The van der Waals surface area contributed by atoms with E-state index in [0.717, 1.165) is 6.54 Å². The normalized spacial score (nSPS) is 13.9. The fraction of sp³-hybridized carbons (Fsp3) is 0.889. The number of nitrogens with zero attached hydrogens (tertiary/aromatic N) is 2. The fourth-order valence-corrected chi connectivity index (χ4v) is 1.69. The van der Waals surface area contributed by atoms with Crippen molar-refractivity contribution >= 4 is 9.84 Å². The van der Waals surface area contributed by atoms with E-state index in [-0.39, 0.29) is 11.7 Å². The van der Waals surface area contributed by atoms with E-state index in [9.17, 15) is 8.42 Å². The van der Waals surface area contributed by atoms with E-state index < -0.39 is 9.84 Å². The Balaban J connectivity index is 3.99. The summed E-state index contributed by atoms with van der Waals surface area (Å²) in [4.78, 5) is 1.98. The molecule has 0 aromatic heterocycles. The van der Waals surface area contributed by atoms with Crippen LogP contribution in [0.25, 0.3) is 0 Å². The highest BCUT2D eigenvalue weighted by atomic mass is 32.2. The summed E-state index contributed by atoms with van der Waals surface area (Å²) in [6.07, 6.45) is 1.23. The molecule has 0 aromatic carbocycles. The van der Waals surface area contributed by atoms with E-state index in [2.05, 4.69) is 6.07 Å². The summed E-state index contributed by atoms with van der Waals surface area (Å²) in [5.41, 5.74) is 0. The molecule has 0 heterocycles. The van der Waals surface area contributed by atoms with Crippen LogP contribution in [0, 0.1) is 17.2 Å². The summed E-state index contributed by atoms with van der Waals surface area (Å²) in [6.45, 7) is 5.74. The summed E-state index contributed by atoms with van der Waals surface area (Å²) in [7, 11) is -2.90. The number of rotatable bonds is 6. The van der Waals surface area contributed by atoms with Crippen molar-refractivity contribution in [1.82, 2.24) is 4.90 Å². The summed E-state index contributed by atoms with van der Waals surface area (Å²) in [5.74, 6) is 0.119. The first-order chi connectivity index (χ1) is 6.39. The molecule has 0 radical (unpaired) electrons. The van der Waals surface area contributed by atoms with Crippen LogP contribution in [0.5, 0.6) is 0 Å². The zero-order valence-electron chi connectivity index (χ0n) is 9.02. The first-order valence-corrected chi connectivity index (χ1v) is 6.74. The molecule has 0 aliphatic rings. The largest absolute Gasteiger partial charge is 0.301 e. The third kappa shape index (κ3) is 6.87. The van der Waals surface area contributed by atoms with Crippen molar-refractivity contribution in [3.63, 3.8) is 0 Å². The first kappa shape index (κ1) is 13.4.